The smallest absolute Gasteiger partial charge is 0.223 e. The van der Waals surface area contributed by atoms with Gasteiger partial charge in [0.15, 0.2) is 0 Å². The molecule has 7 heteroatoms. The second-order valence-corrected chi connectivity index (χ2v) is 7.84. The standard InChI is InChI=1S/C21H28N4O3/c1-14-22-20(25(24-14)17-5-3-2-4-6-17)16-7-8-19(26)18(13-16)23-21(27)15-9-11-28-12-10-15/h2-6,15-16,18-19,26H,7-13H2,1H3,(H,23,27)/t16-,18+,19+/m0/s1. The molecule has 1 aromatic heterocycles. The molecule has 1 aromatic carbocycles. The second kappa shape index (κ2) is 8.41. The normalized spacial score (nSPS) is 26.1. The van der Waals surface area contributed by atoms with E-state index in [4.69, 9.17) is 4.74 Å². The van der Waals surface area contributed by atoms with Crippen molar-refractivity contribution in [1.82, 2.24) is 20.1 Å². The Balaban J connectivity index is 1.50. The molecular formula is C21H28N4O3. The van der Waals surface area contributed by atoms with E-state index in [2.05, 4.69) is 15.4 Å². The molecule has 2 heterocycles. The average molecular weight is 384 g/mol. The van der Waals surface area contributed by atoms with Crippen LogP contribution in [0.5, 0.6) is 0 Å². The maximum atomic E-state index is 12.6. The summed E-state index contributed by atoms with van der Waals surface area (Å²) < 4.78 is 7.24. The quantitative estimate of drug-likeness (QED) is 0.843. The lowest BCUT2D eigenvalue weighted by molar-refractivity contribution is -0.129. The lowest BCUT2D eigenvalue weighted by Crippen LogP contribution is -2.49. The molecule has 1 amide bonds. The zero-order valence-corrected chi connectivity index (χ0v) is 16.3. The molecule has 3 atom stereocenters. The molecule has 0 unspecified atom stereocenters. The Morgan fingerprint density at radius 3 is 2.68 bits per heavy atom. The minimum absolute atomic E-state index is 0.0171. The SMILES string of the molecule is Cc1nc([C@H]2CC[C@@H](O)[C@H](NC(=O)C3CCOCC3)C2)n(-c2ccccc2)n1. The van der Waals surface area contributed by atoms with Crippen molar-refractivity contribution in [2.75, 3.05) is 13.2 Å². The van der Waals surface area contributed by atoms with Crippen LogP contribution in [-0.4, -0.2) is 51.1 Å². The van der Waals surface area contributed by atoms with Gasteiger partial charge >= 0.3 is 0 Å². The van der Waals surface area contributed by atoms with Gasteiger partial charge in [-0.05, 0) is 51.2 Å². The van der Waals surface area contributed by atoms with Crippen molar-refractivity contribution in [3.05, 3.63) is 42.0 Å². The van der Waals surface area contributed by atoms with Crippen molar-refractivity contribution in [2.24, 2.45) is 5.92 Å². The highest BCUT2D eigenvalue weighted by Crippen LogP contribution is 2.33. The van der Waals surface area contributed by atoms with Gasteiger partial charge in [0.25, 0.3) is 0 Å². The van der Waals surface area contributed by atoms with Gasteiger partial charge in [0, 0.05) is 25.0 Å². The Morgan fingerprint density at radius 2 is 1.93 bits per heavy atom. The topological polar surface area (TPSA) is 89.3 Å². The van der Waals surface area contributed by atoms with E-state index in [1.165, 1.54) is 0 Å². The van der Waals surface area contributed by atoms with Crippen LogP contribution in [0.25, 0.3) is 5.69 Å². The first-order valence-electron chi connectivity index (χ1n) is 10.2. The first-order chi connectivity index (χ1) is 13.6. The van der Waals surface area contributed by atoms with Crippen LogP contribution in [0.2, 0.25) is 0 Å². The molecular weight excluding hydrogens is 356 g/mol. The molecule has 0 bridgehead atoms. The predicted molar refractivity (Wildman–Crippen MR) is 104 cm³/mol. The first kappa shape index (κ1) is 19.1. The predicted octanol–water partition coefficient (Wildman–Crippen LogP) is 2.12. The number of carbonyl (C=O) groups excluding carboxylic acids is 1. The van der Waals surface area contributed by atoms with Gasteiger partial charge in [-0.25, -0.2) is 9.67 Å². The van der Waals surface area contributed by atoms with Crippen molar-refractivity contribution in [3.8, 4) is 5.69 Å². The van der Waals surface area contributed by atoms with Crippen LogP contribution in [-0.2, 0) is 9.53 Å². The second-order valence-electron chi connectivity index (χ2n) is 7.84. The molecule has 1 saturated carbocycles. The van der Waals surface area contributed by atoms with Crippen molar-refractivity contribution >= 4 is 5.91 Å². The molecule has 2 aliphatic rings. The fourth-order valence-electron chi connectivity index (χ4n) is 4.26. The Labute approximate surface area is 165 Å². The molecule has 1 aliphatic heterocycles. The molecule has 4 rings (SSSR count). The number of benzene rings is 1. The number of hydrogen-bond donors (Lipinski definition) is 2. The summed E-state index contributed by atoms with van der Waals surface area (Å²) in [6.07, 6.45) is 3.12. The fourth-order valence-corrected chi connectivity index (χ4v) is 4.26. The van der Waals surface area contributed by atoms with Crippen LogP contribution in [0, 0.1) is 12.8 Å². The number of para-hydroxylation sites is 1. The maximum Gasteiger partial charge on any atom is 0.223 e. The molecule has 28 heavy (non-hydrogen) atoms. The number of ether oxygens (including phenoxy) is 1. The van der Waals surface area contributed by atoms with E-state index >= 15 is 0 Å². The van der Waals surface area contributed by atoms with Crippen LogP contribution in [0.3, 0.4) is 0 Å². The number of aliphatic hydroxyl groups excluding tert-OH is 1. The summed E-state index contributed by atoms with van der Waals surface area (Å²) >= 11 is 0. The van der Waals surface area contributed by atoms with Crippen LogP contribution in [0.1, 0.15) is 49.7 Å². The summed E-state index contributed by atoms with van der Waals surface area (Å²) in [4.78, 5) is 17.3. The lowest BCUT2D eigenvalue weighted by Gasteiger charge is -2.34. The number of nitrogens with one attached hydrogen (secondary N) is 1. The summed E-state index contributed by atoms with van der Waals surface area (Å²) in [6.45, 7) is 3.16. The van der Waals surface area contributed by atoms with E-state index < -0.39 is 6.10 Å². The van der Waals surface area contributed by atoms with Crippen LogP contribution in [0.15, 0.2) is 30.3 Å². The molecule has 1 aliphatic carbocycles. The molecule has 2 fully saturated rings. The Hall–Kier alpha value is -2.25. The lowest BCUT2D eigenvalue weighted by atomic mass is 9.82. The van der Waals surface area contributed by atoms with Crippen molar-refractivity contribution < 1.29 is 14.6 Å². The van der Waals surface area contributed by atoms with E-state index in [0.717, 1.165) is 36.6 Å². The number of amides is 1. The largest absolute Gasteiger partial charge is 0.391 e. The number of aromatic nitrogens is 3. The zero-order chi connectivity index (χ0) is 19.5. The highest BCUT2D eigenvalue weighted by molar-refractivity contribution is 5.79. The average Bonchev–Trinajstić information content (AvgIpc) is 3.12. The first-order valence-corrected chi connectivity index (χ1v) is 10.2. The zero-order valence-electron chi connectivity index (χ0n) is 16.3. The third-order valence-corrected chi connectivity index (χ3v) is 5.84. The van der Waals surface area contributed by atoms with E-state index in [-0.39, 0.29) is 23.8 Å². The summed E-state index contributed by atoms with van der Waals surface area (Å²) in [6, 6.07) is 9.72. The van der Waals surface area contributed by atoms with E-state index in [1.807, 2.05) is 41.9 Å². The minimum atomic E-state index is -0.519. The van der Waals surface area contributed by atoms with E-state index in [9.17, 15) is 9.90 Å². The summed E-state index contributed by atoms with van der Waals surface area (Å²) in [5, 5.41) is 18.2. The van der Waals surface area contributed by atoms with Crippen LogP contribution in [0.4, 0.5) is 0 Å². The van der Waals surface area contributed by atoms with Gasteiger partial charge in [0.2, 0.25) is 5.91 Å². The summed E-state index contributed by atoms with van der Waals surface area (Å²) in [5.41, 5.74) is 0.979. The van der Waals surface area contributed by atoms with Gasteiger partial charge in [0.05, 0.1) is 17.8 Å². The number of aryl methyl sites for hydroxylation is 1. The summed E-state index contributed by atoms with van der Waals surface area (Å²) in [5.74, 6) is 1.80. The summed E-state index contributed by atoms with van der Waals surface area (Å²) in [7, 11) is 0. The van der Waals surface area contributed by atoms with Gasteiger partial charge in [-0.1, -0.05) is 18.2 Å². The van der Waals surface area contributed by atoms with Gasteiger partial charge in [-0.15, -0.1) is 0 Å². The van der Waals surface area contributed by atoms with E-state index in [1.54, 1.807) is 0 Å². The molecule has 7 nitrogen and oxygen atoms in total. The molecule has 150 valence electrons. The number of nitrogens with zero attached hydrogens (tertiary/aromatic N) is 3. The van der Waals surface area contributed by atoms with E-state index in [0.29, 0.717) is 26.1 Å². The number of rotatable bonds is 4. The van der Waals surface area contributed by atoms with Crippen molar-refractivity contribution in [3.63, 3.8) is 0 Å². The Morgan fingerprint density at radius 1 is 1.18 bits per heavy atom. The number of aliphatic hydroxyl groups is 1. The third kappa shape index (κ3) is 4.10. The molecule has 0 spiro atoms. The highest BCUT2D eigenvalue weighted by Gasteiger charge is 2.35. The Kier molecular flexibility index (Phi) is 5.73. The molecule has 2 aromatic rings. The maximum absolute atomic E-state index is 12.6. The van der Waals surface area contributed by atoms with Gasteiger partial charge < -0.3 is 15.2 Å². The highest BCUT2D eigenvalue weighted by atomic mass is 16.5. The monoisotopic (exact) mass is 384 g/mol. The van der Waals surface area contributed by atoms with Crippen LogP contribution < -0.4 is 5.32 Å². The minimum Gasteiger partial charge on any atom is -0.391 e. The van der Waals surface area contributed by atoms with Crippen molar-refractivity contribution in [1.29, 1.82) is 0 Å². The van der Waals surface area contributed by atoms with Crippen molar-refractivity contribution in [2.45, 2.75) is 57.1 Å². The van der Waals surface area contributed by atoms with Gasteiger partial charge in [-0.3, -0.25) is 4.79 Å². The molecule has 1 saturated heterocycles. The van der Waals surface area contributed by atoms with Gasteiger partial charge in [0.1, 0.15) is 11.6 Å². The van der Waals surface area contributed by atoms with Crippen LogP contribution >= 0.6 is 0 Å². The third-order valence-electron chi connectivity index (χ3n) is 5.84. The number of hydrogen-bond acceptors (Lipinski definition) is 5. The van der Waals surface area contributed by atoms with Gasteiger partial charge in [-0.2, -0.15) is 5.10 Å². The Bertz CT molecular complexity index is 801. The fraction of sp³-hybridized carbons (Fsp3) is 0.571. The molecule has 0 radical (unpaired) electrons. The molecule has 2 N–H and O–H groups in total. The number of carbonyl (C=O) groups is 1.